The van der Waals surface area contributed by atoms with Crippen molar-refractivity contribution in [2.75, 3.05) is 4.90 Å². The molecule has 1 heteroatoms. The van der Waals surface area contributed by atoms with Crippen molar-refractivity contribution in [3.05, 3.63) is 200 Å². The Morgan fingerprint density at radius 3 is 1.13 bits per heavy atom. The number of anilines is 3. The van der Waals surface area contributed by atoms with Crippen LogP contribution in [0.5, 0.6) is 0 Å². The van der Waals surface area contributed by atoms with E-state index in [2.05, 4.69) is 205 Å². The molecule has 0 atom stereocenters. The van der Waals surface area contributed by atoms with E-state index in [9.17, 15) is 0 Å². The molecule has 0 amide bonds. The lowest BCUT2D eigenvalue weighted by Gasteiger charge is -2.28. The Bertz CT molecular complexity index is 2170. The van der Waals surface area contributed by atoms with E-state index in [0.29, 0.717) is 0 Å². The van der Waals surface area contributed by atoms with E-state index in [1.165, 1.54) is 55.3 Å². The molecule has 0 radical (unpaired) electrons. The minimum atomic E-state index is 1.11. The maximum atomic E-state index is 2.38. The summed E-state index contributed by atoms with van der Waals surface area (Å²) in [5, 5.41) is 2.46. The molecule has 0 aliphatic heterocycles. The number of hydrogen-bond acceptors (Lipinski definition) is 1. The fourth-order valence-corrected chi connectivity index (χ4v) is 6.43. The van der Waals surface area contributed by atoms with Crippen molar-refractivity contribution in [3.63, 3.8) is 0 Å². The quantitative estimate of drug-likeness (QED) is 0.176. The predicted octanol–water partition coefficient (Wildman–Crippen LogP) is 13.0. The molecule has 1 nitrogen and oxygen atoms in total. The number of rotatable bonds is 7. The van der Waals surface area contributed by atoms with E-state index >= 15 is 0 Å². The van der Waals surface area contributed by atoms with E-state index in [1.54, 1.807) is 0 Å². The molecule has 0 aliphatic rings. The molecule has 0 unspecified atom stereocenters. The molecule has 0 saturated carbocycles. The van der Waals surface area contributed by atoms with E-state index in [4.69, 9.17) is 0 Å². The van der Waals surface area contributed by atoms with Gasteiger partial charge in [0, 0.05) is 16.9 Å². The lowest BCUT2D eigenvalue weighted by molar-refractivity contribution is 1.28. The first-order chi connectivity index (χ1) is 23.3. The summed E-state index contributed by atoms with van der Waals surface area (Å²) in [6.45, 7) is 0. The maximum absolute atomic E-state index is 2.38. The van der Waals surface area contributed by atoms with Crippen molar-refractivity contribution in [3.8, 4) is 44.5 Å². The molecule has 47 heavy (non-hydrogen) atoms. The third-order valence-electron chi connectivity index (χ3n) is 8.87. The highest BCUT2D eigenvalue weighted by atomic mass is 15.1. The van der Waals surface area contributed by atoms with Crippen molar-refractivity contribution < 1.29 is 0 Å². The van der Waals surface area contributed by atoms with Gasteiger partial charge in [-0.2, -0.15) is 0 Å². The van der Waals surface area contributed by atoms with E-state index < -0.39 is 0 Å². The smallest absolute Gasteiger partial charge is 0.0540 e. The second kappa shape index (κ2) is 12.7. The molecule has 0 spiro atoms. The van der Waals surface area contributed by atoms with Crippen LogP contribution in [0.1, 0.15) is 0 Å². The van der Waals surface area contributed by atoms with Gasteiger partial charge in [-0.25, -0.2) is 0 Å². The third kappa shape index (κ3) is 5.83. The van der Waals surface area contributed by atoms with Gasteiger partial charge in [0.05, 0.1) is 5.69 Å². The monoisotopic (exact) mass is 599 g/mol. The van der Waals surface area contributed by atoms with Gasteiger partial charge < -0.3 is 4.90 Å². The van der Waals surface area contributed by atoms with Crippen LogP contribution < -0.4 is 4.90 Å². The van der Waals surface area contributed by atoms with Gasteiger partial charge in [0.15, 0.2) is 0 Å². The lowest BCUT2D eigenvalue weighted by Crippen LogP contribution is -2.11. The van der Waals surface area contributed by atoms with Gasteiger partial charge in [-0.3, -0.25) is 0 Å². The summed E-state index contributed by atoms with van der Waals surface area (Å²) in [5.41, 5.74) is 13.0. The van der Waals surface area contributed by atoms with E-state index in [1.807, 2.05) is 0 Å². The third-order valence-corrected chi connectivity index (χ3v) is 8.87. The fourth-order valence-electron chi connectivity index (χ4n) is 6.43. The van der Waals surface area contributed by atoms with Crippen LogP contribution in [-0.4, -0.2) is 0 Å². The highest BCUT2D eigenvalue weighted by molar-refractivity contribution is 5.95. The Morgan fingerprint density at radius 1 is 0.255 bits per heavy atom. The Balaban J connectivity index is 1.22. The van der Waals surface area contributed by atoms with Gasteiger partial charge >= 0.3 is 0 Å². The summed E-state index contributed by atoms with van der Waals surface area (Å²) in [5.74, 6) is 0. The maximum Gasteiger partial charge on any atom is 0.0540 e. The molecule has 0 heterocycles. The Labute approximate surface area is 276 Å². The molecule has 8 aromatic rings. The van der Waals surface area contributed by atoms with Crippen LogP contribution in [0.4, 0.5) is 17.1 Å². The summed E-state index contributed by atoms with van der Waals surface area (Å²) >= 11 is 0. The average molecular weight is 600 g/mol. The van der Waals surface area contributed by atoms with Crippen LogP contribution in [0.3, 0.4) is 0 Å². The van der Waals surface area contributed by atoms with Crippen molar-refractivity contribution in [2.45, 2.75) is 0 Å². The zero-order chi connectivity index (χ0) is 31.4. The summed E-state index contributed by atoms with van der Waals surface area (Å²) in [6.07, 6.45) is 0. The van der Waals surface area contributed by atoms with E-state index in [-0.39, 0.29) is 0 Å². The highest BCUT2D eigenvalue weighted by Gasteiger charge is 2.18. The first-order valence-corrected chi connectivity index (χ1v) is 16.1. The first-order valence-electron chi connectivity index (χ1n) is 16.1. The molecule has 8 aromatic carbocycles. The summed E-state index contributed by atoms with van der Waals surface area (Å²) in [7, 11) is 0. The van der Waals surface area contributed by atoms with Crippen LogP contribution in [0.2, 0.25) is 0 Å². The number of hydrogen-bond donors (Lipinski definition) is 0. The Hall–Kier alpha value is -6.18. The predicted molar refractivity (Wildman–Crippen MR) is 200 cm³/mol. The molecular weight excluding hydrogens is 567 g/mol. The Kier molecular flexibility index (Phi) is 7.63. The summed E-state index contributed by atoms with van der Waals surface area (Å²) in [6, 6.07) is 71.8. The largest absolute Gasteiger partial charge is 0.310 e. The van der Waals surface area contributed by atoms with Crippen molar-refractivity contribution in [1.29, 1.82) is 0 Å². The van der Waals surface area contributed by atoms with Gasteiger partial charge in [0.2, 0.25) is 0 Å². The zero-order valence-electron chi connectivity index (χ0n) is 26.0. The van der Waals surface area contributed by atoms with Crippen LogP contribution >= 0.6 is 0 Å². The number of benzene rings is 8. The Morgan fingerprint density at radius 2 is 0.617 bits per heavy atom. The molecule has 0 bridgehead atoms. The van der Waals surface area contributed by atoms with Crippen LogP contribution in [0.25, 0.3) is 55.3 Å². The molecule has 0 aromatic heterocycles. The topological polar surface area (TPSA) is 3.24 Å². The molecule has 222 valence electrons. The summed E-state index contributed by atoms with van der Waals surface area (Å²) in [4.78, 5) is 2.38. The zero-order valence-corrected chi connectivity index (χ0v) is 26.0. The SMILES string of the molecule is c1ccc(-c2ccc(N(c3ccc(-c4ccccc4)cc3)c3ccccc3-c3ccc4cc(-c5ccccc5)ccc4c3)cc2)cc1. The molecule has 0 saturated heterocycles. The van der Waals surface area contributed by atoms with Crippen LogP contribution in [-0.2, 0) is 0 Å². The fraction of sp³-hybridized carbons (Fsp3) is 0. The molecule has 0 fully saturated rings. The summed E-state index contributed by atoms with van der Waals surface area (Å²) < 4.78 is 0. The first kappa shape index (κ1) is 28.3. The van der Waals surface area contributed by atoms with Gasteiger partial charge in [-0.15, -0.1) is 0 Å². The standard InChI is InChI=1S/C46H33N/c1-4-12-34(13-5-1)37-24-28-43(29-25-37)47(44-30-26-38(27-31-44)35-14-6-2-7-15-35)46-19-11-10-18-45(46)42-23-22-40-32-39(20-21-41(40)33-42)36-16-8-3-9-17-36/h1-33H. The number of nitrogens with zero attached hydrogens (tertiary/aromatic N) is 1. The van der Waals surface area contributed by atoms with Crippen LogP contribution in [0.15, 0.2) is 200 Å². The molecule has 8 rings (SSSR count). The normalized spacial score (nSPS) is 11.0. The van der Waals surface area contributed by atoms with Gasteiger partial charge in [0.1, 0.15) is 0 Å². The second-order valence-corrected chi connectivity index (χ2v) is 11.8. The van der Waals surface area contributed by atoms with Gasteiger partial charge in [0.25, 0.3) is 0 Å². The van der Waals surface area contributed by atoms with Crippen molar-refractivity contribution in [2.24, 2.45) is 0 Å². The lowest BCUT2D eigenvalue weighted by atomic mass is 9.96. The van der Waals surface area contributed by atoms with Crippen molar-refractivity contribution >= 4 is 27.8 Å². The minimum absolute atomic E-state index is 1.11. The molecule has 0 aliphatic carbocycles. The van der Waals surface area contributed by atoms with E-state index in [0.717, 1.165) is 17.1 Å². The van der Waals surface area contributed by atoms with Gasteiger partial charge in [-0.1, -0.05) is 158 Å². The average Bonchev–Trinajstić information content (AvgIpc) is 3.16. The number of para-hydroxylation sites is 1. The number of fused-ring (bicyclic) bond motifs is 1. The minimum Gasteiger partial charge on any atom is -0.310 e. The molecule has 0 N–H and O–H groups in total. The van der Waals surface area contributed by atoms with Crippen molar-refractivity contribution in [1.82, 2.24) is 0 Å². The van der Waals surface area contributed by atoms with Gasteiger partial charge in [-0.05, 0) is 92.2 Å². The van der Waals surface area contributed by atoms with Crippen LogP contribution in [0, 0.1) is 0 Å². The highest BCUT2D eigenvalue weighted by Crippen LogP contribution is 2.42. The molecular formula is C46H33N. The second-order valence-electron chi connectivity index (χ2n) is 11.8.